The van der Waals surface area contributed by atoms with Gasteiger partial charge in [0.2, 0.25) is 5.28 Å². The van der Waals surface area contributed by atoms with Crippen LogP contribution in [0.15, 0.2) is 45.9 Å². The molecule has 0 aliphatic heterocycles. The summed E-state index contributed by atoms with van der Waals surface area (Å²) in [6.07, 6.45) is 1.38. The lowest BCUT2D eigenvalue weighted by molar-refractivity contribution is 0.588. The van der Waals surface area contributed by atoms with Crippen LogP contribution in [0.2, 0.25) is 10.4 Å². The summed E-state index contributed by atoms with van der Waals surface area (Å²) in [5.41, 5.74) is 0.121. The summed E-state index contributed by atoms with van der Waals surface area (Å²) in [7, 11) is -3.80. The maximum Gasteiger partial charge on any atom is 0.269 e. The Morgan fingerprint density at radius 2 is 1.76 bits per heavy atom. The Morgan fingerprint density at radius 3 is 2.43 bits per heavy atom. The molecule has 0 saturated heterocycles. The summed E-state index contributed by atoms with van der Waals surface area (Å²) in [4.78, 5) is 7.92. The van der Waals surface area contributed by atoms with Crippen LogP contribution in [0.3, 0.4) is 0 Å². The minimum atomic E-state index is -3.80. The molecule has 0 saturated carbocycles. The summed E-state index contributed by atoms with van der Waals surface area (Å²) < 4.78 is 26.9. The van der Waals surface area contributed by atoms with Gasteiger partial charge >= 0.3 is 0 Å². The number of aromatic nitrogens is 3. The Labute approximate surface area is 138 Å². The molecule has 0 amide bonds. The average Bonchev–Trinajstić information content (AvgIpc) is 2.77. The lowest BCUT2D eigenvalue weighted by Crippen LogP contribution is -2.12. The zero-order chi connectivity index (χ0) is 15.2. The summed E-state index contributed by atoms with van der Waals surface area (Å²) in [6.45, 7) is 0. The highest BCUT2D eigenvalue weighted by molar-refractivity contribution is 9.10. The minimum absolute atomic E-state index is 0.0823. The third-order valence-corrected chi connectivity index (χ3v) is 5.50. The molecule has 0 atom stereocenters. The van der Waals surface area contributed by atoms with Crippen molar-refractivity contribution in [1.29, 1.82) is 0 Å². The minimum Gasteiger partial charge on any atom is -0.223 e. The Morgan fingerprint density at radius 1 is 1.10 bits per heavy atom. The fourth-order valence-corrected chi connectivity index (χ4v) is 4.51. The molecular weight excluding hydrogens is 401 g/mol. The van der Waals surface area contributed by atoms with Crippen LogP contribution in [0, 0.1) is 0 Å². The van der Waals surface area contributed by atoms with E-state index < -0.39 is 10.0 Å². The van der Waals surface area contributed by atoms with Crippen molar-refractivity contribution in [2.45, 2.75) is 4.90 Å². The molecule has 9 heteroatoms. The SMILES string of the molecule is O=S(=O)(c1ccccc1)n1cc(Br)c2c(Cl)nc(Cl)nc21. The second-order valence-corrected chi connectivity index (χ2v) is 7.44. The van der Waals surface area contributed by atoms with Crippen molar-refractivity contribution in [3.05, 3.63) is 51.4 Å². The number of benzene rings is 1. The summed E-state index contributed by atoms with van der Waals surface area (Å²) in [5, 5.41) is 0.349. The molecule has 2 heterocycles. The van der Waals surface area contributed by atoms with E-state index in [1.165, 1.54) is 18.3 Å². The Bertz CT molecular complexity index is 942. The third-order valence-electron chi connectivity index (χ3n) is 2.80. The van der Waals surface area contributed by atoms with Gasteiger partial charge in [-0.1, -0.05) is 29.8 Å². The fraction of sp³-hybridized carbons (Fsp3) is 0. The van der Waals surface area contributed by atoms with Gasteiger partial charge in [0.15, 0.2) is 5.65 Å². The van der Waals surface area contributed by atoms with E-state index in [0.29, 0.717) is 9.86 Å². The Hall–Kier alpha value is -1.15. The van der Waals surface area contributed by atoms with Crippen molar-refractivity contribution in [3.8, 4) is 0 Å². The molecule has 3 aromatic rings. The van der Waals surface area contributed by atoms with E-state index >= 15 is 0 Å². The van der Waals surface area contributed by atoms with Crippen LogP contribution in [0.1, 0.15) is 0 Å². The smallest absolute Gasteiger partial charge is 0.223 e. The van der Waals surface area contributed by atoms with E-state index in [-0.39, 0.29) is 21.0 Å². The predicted octanol–water partition coefficient (Wildman–Crippen LogP) is 3.74. The summed E-state index contributed by atoms with van der Waals surface area (Å²) in [5.74, 6) is 0. The highest BCUT2D eigenvalue weighted by atomic mass is 79.9. The van der Waals surface area contributed by atoms with Crippen LogP contribution in [-0.2, 0) is 10.0 Å². The van der Waals surface area contributed by atoms with E-state index in [1.54, 1.807) is 18.2 Å². The van der Waals surface area contributed by atoms with Gasteiger partial charge in [-0.05, 0) is 39.7 Å². The van der Waals surface area contributed by atoms with Crippen molar-refractivity contribution < 1.29 is 8.42 Å². The summed E-state index contributed by atoms with van der Waals surface area (Å²) >= 11 is 15.0. The van der Waals surface area contributed by atoms with Gasteiger partial charge in [0.1, 0.15) is 5.15 Å². The van der Waals surface area contributed by atoms with Gasteiger partial charge in [0.05, 0.1) is 10.3 Å². The van der Waals surface area contributed by atoms with Crippen LogP contribution in [0.4, 0.5) is 0 Å². The Balaban J connectivity index is 2.37. The highest BCUT2D eigenvalue weighted by Crippen LogP contribution is 2.33. The van der Waals surface area contributed by atoms with Crippen molar-refractivity contribution in [3.63, 3.8) is 0 Å². The van der Waals surface area contributed by atoms with E-state index in [0.717, 1.165) is 3.97 Å². The zero-order valence-corrected chi connectivity index (χ0v) is 14.1. The molecule has 0 N–H and O–H groups in total. The van der Waals surface area contributed by atoms with E-state index in [1.807, 2.05) is 0 Å². The molecule has 0 spiro atoms. The van der Waals surface area contributed by atoms with Crippen molar-refractivity contribution in [2.75, 3.05) is 0 Å². The topological polar surface area (TPSA) is 64.8 Å². The quantitative estimate of drug-likeness (QED) is 0.480. The number of hydrogen-bond donors (Lipinski definition) is 0. The van der Waals surface area contributed by atoms with Crippen molar-refractivity contribution in [1.82, 2.24) is 13.9 Å². The molecule has 0 bridgehead atoms. The first-order valence-corrected chi connectivity index (χ1v) is 8.60. The molecule has 21 heavy (non-hydrogen) atoms. The molecule has 2 aromatic heterocycles. The maximum absolute atomic E-state index is 12.7. The van der Waals surface area contributed by atoms with Crippen LogP contribution >= 0.6 is 39.1 Å². The number of halogens is 3. The third kappa shape index (κ3) is 2.44. The molecular formula is C12H6BrCl2N3O2S. The second kappa shape index (κ2) is 5.24. The molecule has 5 nitrogen and oxygen atoms in total. The van der Waals surface area contributed by atoms with Crippen LogP contribution in [0.25, 0.3) is 11.0 Å². The highest BCUT2D eigenvalue weighted by Gasteiger charge is 2.23. The molecule has 3 rings (SSSR count). The van der Waals surface area contributed by atoms with E-state index in [2.05, 4.69) is 25.9 Å². The zero-order valence-electron chi connectivity index (χ0n) is 10.2. The average molecular weight is 407 g/mol. The maximum atomic E-state index is 12.7. The molecule has 0 aliphatic carbocycles. The Kier molecular flexibility index (Phi) is 3.69. The lowest BCUT2D eigenvalue weighted by Gasteiger charge is -2.06. The standard InChI is InChI=1S/C12H6BrCl2N3O2S/c13-8-6-18(11-9(8)10(14)16-12(15)17-11)21(19,20)7-4-2-1-3-5-7/h1-6H. The van der Waals surface area contributed by atoms with Crippen molar-refractivity contribution in [2.24, 2.45) is 0 Å². The van der Waals surface area contributed by atoms with Crippen LogP contribution in [-0.4, -0.2) is 22.4 Å². The molecule has 0 radical (unpaired) electrons. The number of rotatable bonds is 2. The number of nitrogens with zero attached hydrogens (tertiary/aromatic N) is 3. The first-order chi connectivity index (χ1) is 9.91. The van der Waals surface area contributed by atoms with Gasteiger partial charge in [0.25, 0.3) is 10.0 Å². The van der Waals surface area contributed by atoms with Crippen LogP contribution < -0.4 is 0 Å². The van der Waals surface area contributed by atoms with Gasteiger partial charge in [-0.3, -0.25) is 0 Å². The predicted molar refractivity (Wildman–Crippen MR) is 84.3 cm³/mol. The fourth-order valence-electron chi connectivity index (χ4n) is 1.88. The van der Waals surface area contributed by atoms with Gasteiger partial charge in [0, 0.05) is 10.7 Å². The molecule has 0 aliphatic rings. The monoisotopic (exact) mass is 405 g/mol. The first kappa shape index (κ1) is 14.8. The molecule has 108 valence electrons. The normalized spacial score (nSPS) is 12.0. The van der Waals surface area contributed by atoms with Gasteiger partial charge in [-0.2, -0.15) is 4.98 Å². The van der Waals surface area contributed by atoms with Crippen molar-refractivity contribution >= 4 is 60.2 Å². The molecule has 0 fully saturated rings. The van der Waals surface area contributed by atoms with E-state index in [9.17, 15) is 8.42 Å². The van der Waals surface area contributed by atoms with Gasteiger partial charge in [-0.15, -0.1) is 0 Å². The van der Waals surface area contributed by atoms with E-state index in [4.69, 9.17) is 23.2 Å². The first-order valence-electron chi connectivity index (χ1n) is 5.61. The lowest BCUT2D eigenvalue weighted by atomic mass is 10.4. The number of fused-ring (bicyclic) bond motifs is 1. The number of hydrogen-bond acceptors (Lipinski definition) is 4. The second-order valence-electron chi connectivity index (χ2n) is 4.07. The van der Waals surface area contributed by atoms with Gasteiger partial charge < -0.3 is 0 Å². The largest absolute Gasteiger partial charge is 0.269 e. The summed E-state index contributed by atoms with van der Waals surface area (Å²) in [6, 6.07) is 8.02. The molecule has 0 unspecified atom stereocenters. The molecule has 1 aromatic carbocycles. The van der Waals surface area contributed by atoms with Gasteiger partial charge in [-0.25, -0.2) is 17.4 Å². The van der Waals surface area contributed by atoms with Crippen LogP contribution in [0.5, 0.6) is 0 Å².